The molecule has 1 atom stereocenters. The highest BCUT2D eigenvalue weighted by Gasteiger charge is 2.58. The van der Waals surface area contributed by atoms with Gasteiger partial charge in [-0.2, -0.15) is 0 Å². The minimum atomic E-state index is -0.737. The van der Waals surface area contributed by atoms with E-state index in [2.05, 4.69) is 4.67 Å². The van der Waals surface area contributed by atoms with E-state index in [9.17, 15) is 14.7 Å². The molecule has 1 saturated heterocycles. The highest BCUT2D eigenvalue weighted by molar-refractivity contribution is 6.30. The molecule has 2 aromatic carbocycles. The molecule has 0 saturated carbocycles. The normalized spacial score (nSPS) is 20.2. The second-order valence-electron chi connectivity index (χ2n) is 7.17. The second kappa shape index (κ2) is 6.38. The number of halogens is 1. The van der Waals surface area contributed by atoms with Gasteiger partial charge in [0.05, 0.1) is 18.9 Å². The Morgan fingerprint density at radius 1 is 0.967 bits per heavy atom. The van der Waals surface area contributed by atoms with Crippen molar-refractivity contribution in [3.05, 3.63) is 65.3 Å². The first-order valence-corrected chi connectivity index (χ1v) is 9.58. The van der Waals surface area contributed by atoms with Crippen LogP contribution < -0.4 is 14.7 Å². The summed E-state index contributed by atoms with van der Waals surface area (Å²) in [5.41, 5.74) is 2.36. The Labute approximate surface area is 177 Å². The van der Waals surface area contributed by atoms with E-state index in [1.165, 1.54) is 24.1 Å². The van der Waals surface area contributed by atoms with Crippen molar-refractivity contribution in [2.75, 3.05) is 19.0 Å². The number of rotatable bonds is 2. The summed E-state index contributed by atoms with van der Waals surface area (Å²) in [5.74, 6) is 0.400. The highest BCUT2D eigenvalue weighted by atomic mass is 35.5. The fourth-order valence-corrected chi connectivity index (χ4v) is 3.94. The molecule has 0 aromatic heterocycles. The lowest BCUT2D eigenvalue weighted by Gasteiger charge is -2.30. The lowest BCUT2D eigenvalue weighted by molar-refractivity contribution is -0.268. The van der Waals surface area contributed by atoms with E-state index in [4.69, 9.17) is 11.6 Å². The number of nitrogens with zero attached hydrogens (tertiary/aromatic N) is 5. The Hall–Kier alpha value is -3.74. The van der Waals surface area contributed by atoms with E-state index in [-0.39, 0.29) is 11.7 Å². The van der Waals surface area contributed by atoms with Crippen molar-refractivity contribution < 1.29 is 14.7 Å². The van der Waals surface area contributed by atoms with Crippen LogP contribution in [0.1, 0.15) is 5.56 Å². The molecule has 3 heterocycles. The second-order valence-corrected chi connectivity index (χ2v) is 7.61. The molecule has 9 heteroatoms. The van der Waals surface area contributed by atoms with Crippen LogP contribution in [0.15, 0.2) is 54.7 Å². The first kappa shape index (κ1) is 18.3. The SMILES string of the molecule is CN1C(=O)C2C(=[N+]=C3N(c4ccc([O-])cc4)C(c4ccc(Cl)cc4)=CN32)N(C)C1=O. The Balaban J connectivity index is 1.69. The van der Waals surface area contributed by atoms with Crippen LogP contribution in [-0.4, -0.2) is 58.6 Å². The first-order chi connectivity index (χ1) is 14.4. The number of fused-ring (bicyclic) bond motifs is 3. The molecule has 8 nitrogen and oxygen atoms in total. The van der Waals surface area contributed by atoms with Gasteiger partial charge in [-0.1, -0.05) is 35.9 Å². The van der Waals surface area contributed by atoms with Crippen LogP contribution in [0, 0.1) is 0 Å². The van der Waals surface area contributed by atoms with Crippen molar-refractivity contribution >= 4 is 46.7 Å². The summed E-state index contributed by atoms with van der Waals surface area (Å²) in [6.07, 6.45) is 1.83. The van der Waals surface area contributed by atoms with Crippen LogP contribution in [-0.2, 0) is 4.79 Å². The predicted molar refractivity (Wildman–Crippen MR) is 112 cm³/mol. The maximum Gasteiger partial charge on any atom is 0.415 e. The molecule has 0 radical (unpaired) electrons. The third-order valence-corrected chi connectivity index (χ3v) is 5.64. The molecule has 3 aliphatic heterocycles. The van der Waals surface area contributed by atoms with Crippen molar-refractivity contribution in [2.24, 2.45) is 0 Å². The van der Waals surface area contributed by atoms with Gasteiger partial charge in [-0.15, -0.1) is 5.75 Å². The summed E-state index contributed by atoms with van der Waals surface area (Å²) >= 11 is 6.05. The number of amides is 3. The van der Waals surface area contributed by atoms with Crippen molar-refractivity contribution in [2.45, 2.75) is 6.04 Å². The van der Waals surface area contributed by atoms with Gasteiger partial charge in [0.2, 0.25) is 6.04 Å². The van der Waals surface area contributed by atoms with E-state index >= 15 is 0 Å². The van der Waals surface area contributed by atoms with Gasteiger partial charge < -0.3 is 5.11 Å². The fourth-order valence-electron chi connectivity index (χ4n) is 3.82. The van der Waals surface area contributed by atoms with Crippen LogP contribution in [0.25, 0.3) is 5.70 Å². The third-order valence-electron chi connectivity index (χ3n) is 5.39. The van der Waals surface area contributed by atoms with Crippen LogP contribution in [0.5, 0.6) is 5.75 Å². The van der Waals surface area contributed by atoms with Crippen LogP contribution in [0.2, 0.25) is 5.02 Å². The molecular formula is C21H16ClN5O3. The zero-order valence-electron chi connectivity index (χ0n) is 16.1. The van der Waals surface area contributed by atoms with E-state index < -0.39 is 12.1 Å². The summed E-state index contributed by atoms with van der Waals surface area (Å²) in [4.78, 5) is 31.4. The van der Waals surface area contributed by atoms with Crippen molar-refractivity contribution in [3.8, 4) is 5.75 Å². The number of amidine groups is 1. The number of carbonyl (C=O) groups is 2. The Bertz CT molecular complexity index is 1180. The number of carbonyl (C=O) groups excluding carboxylic acids is 2. The molecule has 0 spiro atoms. The molecule has 3 aliphatic rings. The summed E-state index contributed by atoms with van der Waals surface area (Å²) in [6, 6.07) is 12.5. The number of hydrogen-bond donors (Lipinski definition) is 0. The Morgan fingerprint density at radius 3 is 2.30 bits per heavy atom. The van der Waals surface area contributed by atoms with Gasteiger partial charge in [-0.25, -0.2) is 24.2 Å². The van der Waals surface area contributed by atoms with Gasteiger partial charge in [0, 0.05) is 17.6 Å². The fraction of sp³-hybridized carbons (Fsp3) is 0.143. The molecule has 30 heavy (non-hydrogen) atoms. The molecule has 2 aromatic rings. The number of guanidine groups is 1. The van der Waals surface area contributed by atoms with Gasteiger partial charge in [0.25, 0.3) is 5.91 Å². The number of hydrogen-bond acceptors (Lipinski definition) is 5. The zero-order valence-corrected chi connectivity index (χ0v) is 16.9. The number of benzene rings is 2. The molecule has 0 aliphatic carbocycles. The van der Waals surface area contributed by atoms with Crippen LogP contribution >= 0.6 is 11.6 Å². The van der Waals surface area contributed by atoms with Gasteiger partial charge in [0.1, 0.15) is 5.70 Å². The Morgan fingerprint density at radius 2 is 1.63 bits per heavy atom. The van der Waals surface area contributed by atoms with E-state index in [1.807, 2.05) is 23.2 Å². The van der Waals surface area contributed by atoms with Crippen molar-refractivity contribution in [1.29, 1.82) is 0 Å². The van der Waals surface area contributed by atoms with Crippen LogP contribution in [0.4, 0.5) is 10.5 Å². The highest BCUT2D eigenvalue weighted by Crippen LogP contribution is 2.36. The molecule has 1 unspecified atom stereocenters. The van der Waals surface area contributed by atoms with Crippen molar-refractivity contribution in [1.82, 2.24) is 19.4 Å². The maximum absolute atomic E-state index is 12.9. The summed E-state index contributed by atoms with van der Waals surface area (Å²) in [5, 5.41) is 12.2. The molecule has 3 amide bonds. The number of urea groups is 1. The first-order valence-electron chi connectivity index (χ1n) is 9.21. The quantitative estimate of drug-likeness (QED) is 0.682. The van der Waals surface area contributed by atoms with Crippen molar-refractivity contribution in [3.63, 3.8) is 0 Å². The number of imide groups is 1. The lowest BCUT2D eigenvalue weighted by atomic mass is 10.1. The van der Waals surface area contributed by atoms with Gasteiger partial charge in [-0.05, 0) is 24.3 Å². The Kier molecular flexibility index (Phi) is 3.89. The standard InChI is InChI=1S/C21H16ClN5O3/c1-24-18-17(19(29)25(2)21(24)30)26-11-16(12-3-5-13(22)6-4-12)27(20(26)23-18)14-7-9-15(28)10-8-14/h3-11,17H,1-2H3. The smallest absolute Gasteiger partial charge is 0.415 e. The predicted octanol–water partition coefficient (Wildman–Crippen LogP) is 1.26. The van der Waals surface area contributed by atoms with E-state index in [0.29, 0.717) is 22.5 Å². The van der Waals surface area contributed by atoms with E-state index in [0.717, 1.165) is 16.2 Å². The lowest BCUT2D eigenvalue weighted by Crippen LogP contribution is -2.62. The molecule has 1 fully saturated rings. The van der Waals surface area contributed by atoms with E-state index in [1.54, 1.807) is 36.2 Å². The summed E-state index contributed by atoms with van der Waals surface area (Å²) in [6.45, 7) is 0. The minimum Gasteiger partial charge on any atom is -0.872 e. The molecule has 150 valence electrons. The average Bonchev–Trinajstić information content (AvgIpc) is 3.28. The number of anilines is 1. The molecular weight excluding hydrogens is 406 g/mol. The average molecular weight is 422 g/mol. The zero-order chi connectivity index (χ0) is 21.2. The monoisotopic (exact) mass is 421 g/mol. The molecule has 0 bridgehead atoms. The summed E-state index contributed by atoms with van der Waals surface area (Å²) < 4.78 is 4.65. The third kappa shape index (κ3) is 2.51. The summed E-state index contributed by atoms with van der Waals surface area (Å²) in [7, 11) is 3.06. The van der Waals surface area contributed by atoms with Crippen LogP contribution in [0.3, 0.4) is 0 Å². The minimum absolute atomic E-state index is 0.106. The maximum atomic E-state index is 12.9. The van der Waals surface area contributed by atoms with Gasteiger partial charge in [-0.3, -0.25) is 9.69 Å². The molecule has 0 N–H and O–H groups in total. The topological polar surface area (TPSA) is 84.3 Å². The largest absolute Gasteiger partial charge is 0.872 e. The molecule has 5 rings (SSSR count). The van der Waals surface area contributed by atoms with Gasteiger partial charge in [0.15, 0.2) is 0 Å². The number of likely N-dealkylation sites (N-methyl/N-ethyl adjacent to an activating group) is 2. The van der Waals surface area contributed by atoms with Gasteiger partial charge >= 0.3 is 17.8 Å².